The van der Waals surface area contributed by atoms with Crippen molar-refractivity contribution in [1.29, 1.82) is 0 Å². The van der Waals surface area contributed by atoms with Crippen LogP contribution >= 0.6 is 0 Å². The van der Waals surface area contributed by atoms with E-state index in [-0.39, 0.29) is 11.8 Å². The molecule has 1 aliphatic rings. The number of aryl methyl sites for hydroxylation is 1. The third kappa shape index (κ3) is 2.58. The Morgan fingerprint density at radius 2 is 2.08 bits per heavy atom. The van der Waals surface area contributed by atoms with Crippen LogP contribution in [0, 0.1) is 0 Å². The van der Waals surface area contributed by atoms with Gasteiger partial charge in [0.05, 0.1) is 0 Å². The van der Waals surface area contributed by atoms with Crippen LogP contribution in [0.1, 0.15) is 28.7 Å². The smallest absolute Gasteiger partial charge is 0.272 e. The number of amides is 1. The van der Waals surface area contributed by atoms with Gasteiger partial charge in [0.15, 0.2) is 5.82 Å². The molecule has 0 saturated carbocycles. The lowest BCUT2D eigenvalue weighted by Crippen LogP contribution is -2.30. The fourth-order valence-corrected chi connectivity index (χ4v) is 3.00. The number of hydrogen-bond acceptors (Lipinski definition) is 5. The Morgan fingerprint density at radius 3 is 2.83 bits per heavy atom. The highest BCUT2D eigenvalue weighted by Gasteiger charge is 2.32. The Labute approximate surface area is 138 Å². The van der Waals surface area contributed by atoms with Gasteiger partial charge in [0.25, 0.3) is 11.8 Å². The van der Waals surface area contributed by atoms with Crippen LogP contribution in [-0.4, -0.2) is 43.8 Å². The molecule has 4 rings (SSSR count). The van der Waals surface area contributed by atoms with Crippen LogP contribution in [0.2, 0.25) is 0 Å². The normalized spacial score (nSPS) is 17.4. The second-order valence-corrected chi connectivity index (χ2v) is 5.90. The zero-order valence-corrected chi connectivity index (χ0v) is 13.3. The number of rotatable bonds is 3. The van der Waals surface area contributed by atoms with Crippen molar-refractivity contribution < 1.29 is 9.32 Å². The van der Waals surface area contributed by atoms with E-state index in [9.17, 15) is 4.79 Å². The number of benzene rings is 1. The molecule has 0 radical (unpaired) electrons. The summed E-state index contributed by atoms with van der Waals surface area (Å²) in [5, 5.41) is 8.16. The van der Waals surface area contributed by atoms with Gasteiger partial charge >= 0.3 is 0 Å². The fourth-order valence-electron chi connectivity index (χ4n) is 3.00. The van der Waals surface area contributed by atoms with Crippen molar-refractivity contribution in [3.05, 3.63) is 54.1 Å². The monoisotopic (exact) mass is 323 g/mol. The van der Waals surface area contributed by atoms with Crippen molar-refractivity contribution in [2.75, 3.05) is 13.1 Å². The van der Waals surface area contributed by atoms with E-state index >= 15 is 0 Å². The van der Waals surface area contributed by atoms with Crippen LogP contribution < -0.4 is 0 Å². The molecule has 1 aliphatic heterocycles. The largest absolute Gasteiger partial charge is 0.337 e. The van der Waals surface area contributed by atoms with Gasteiger partial charge in [0.1, 0.15) is 5.69 Å². The molecule has 0 aliphatic carbocycles. The van der Waals surface area contributed by atoms with Gasteiger partial charge in [-0.1, -0.05) is 23.4 Å². The van der Waals surface area contributed by atoms with E-state index in [0.29, 0.717) is 30.5 Å². The lowest BCUT2D eigenvalue weighted by atomic mass is 10.1. The first kappa shape index (κ1) is 14.6. The third-order valence-electron chi connectivity index (χ3n) is 4.34. The standard InChI is InChI=1S/C17H17N5O2/c1-21-14(7-9-18-21)17(23)22-10-8-13(11-22)15-19-16(24-20-15)12-5-3-2-4-6-12/h2-7,9,13H,8,10-11H2,1H3/t13-/m0/s1. The molecular formula is C17H17N5O2. The molecule has 7 nitrogen and oxygen atoms in total. The second kappa shape index (κ2) is 5.92. The predicted molar refractivity (Wildman–Crippen MR) is 86.2 cm³/mol. The van der Waals surface area contributed by atoms with Gasteiger partial charge in [-0.05, 0) is 24.6 Å². The number of aromatic nitrogens is 4. The van der Waals surface area contributed by atoms with Crippen molar-refractivity contribution in [3.8, 4) is 11.5 Å². The van der Waals surface area contributed by atoms with E-state index in [4.69, 9.17) is 4.52 Å². The molecule has 3 heterocycles. The molecule has 2 aromatic heterocycles. The van der Waals surface area contributed by atoms with Crippen molar-refractivity contribution in [2.24, 2.45) is 7.05 Å². The fraction of sp³-hybridized carbons (Fsp3) is 0.294. The molecule has 0 N–H and O–H groups in total. The molecule has 7 heteroatoms. The molecule has 1 saturated heterocycles. The molecule has 0 bridgehead atoms. The Kier molecular flexibility index (Phi) is 3.60. The molecule has 1 atom stereocenters. The summed E-state index contributed by atoms with van der Waals surface area (Å²) in [6.45, 7) is 1.28. The maximum atomic E-state index is 12.5. The zero-order chi connectivity index (χ0) is 16.5. The first-order valence-corrected chi connectivity index (χ1v) is 7.88. The van der Waals surface area contributed by atoms with E-state index in [2.05, 4.69) is 15.2 Å². The molecule has 122 valence electrons. The lowest BCUT2D eigenvalue weighted by molar-refractivity contribution is 0.0779. The maximum Gasteiger partial charge on any atom is 0.272 e. The van der Waals surface area contributed by atoms with Crippen molar-refractivity contribution in [1.82, 2.24) is 24.8 Å². The molecule has 0 unspecified atom stereocenters. The zero-order valence-electron chi connectivity index (χ0n) is 13.3. The summed E-state index contributed by atoms with van der Waals surface area (Å²) in [5.41, 5.74) is 1.49. The van der Waals surface area contributed by atoms with Crippen LogP contribution in [0.4, 0.5) is 0 Å². The minimum Gasteiger partial charge on any atom is -0.337 e. The SMILES string of the molecule is Cn1nccc1C(=O)N1CC[C@H](c2noc(-c3ccccc3)n2)C1. The topological polar surface area (TPSA) is 77.0 Å². The highest BCUT2D eigenvalue weighted by Crippen LogP contribution is 2.28. The highest BCUT2D eigenvalue weighted by atomic mass is 16.5. The quantitative estimate of drug-likeness (QED) is 0.737. The van der Waals surface area contributed by atoms with Crippen molar-refractivity contribution >= 4 is 5.91 Å². The minimum atomic E-state index is -0.00993. The van der Waals surface area contributed by atoms with Gasteiger partial charge in [-0.3, -0.25) is 9.48 Å². The predicted octanol–water partition coefficient (Wildman–Crippen LogP) is 2.10. The van der Waals surface area contributed by atoms with Gasteiger partial charge in [0, 0.05) is 37.8 Å². The number of carbonyl (C=O) groups is 1. The average molecular weight is 323 g/mol. The first-order chi connectivity index (χ1) is 11.7. The summed E-state index contributed by atoms with van der Waals surface area (Å²) >= 11 is 0. The highest BCUT2D eigenvalue weighted by molar-refractivity contribution is 5.92. The summed E-state index contributed by atoms with van der Waals surface area (Å²) in [4.78, 5) is 18.9. The summed E-state index contributed by atoms with van der Waals surface area (Å²) in [7, 11) is 1.77. The first-order valence-electron chi connectivity index (χ1n) is 7.88. The van der Waals surface area contributed by atoms with Crippen molar-refractivity contribution in [3.63, 3.8) is 0 Å². The van der Waals surface area contributed by atoms with E-state index in [0.717, 1.165) is 12.0 Å². The Hall–Kier alpha value is -2.96. The molecule has 24 heavy (non-hydrogen) atoms. The molecule has 1 amide bonds. The molecule has 3 aromatic rings. The Morgan fingerprint density at radius 1 is 1.25 bits per heavy atom. The average Bonchev–Trinajstić information content (AvgIpc) is 3.35. The van der Waals surface area contributed by atoms with Crippen LogP contribution in [0.25, 0.3) is 11.5 Å². The van der Waals surface area contributed by atoms with E-state index < -0.39 is 0 Å². The summed E-state index contributed by atoms with van der Waals surface area (Å²) in [5.74, 6) is 1.27. The van der Waals surface area contributed by atoms with Gasteiger partial charge in [-0.15, -0.1) is 0 Å². The second-order valence-electron chi connectivity index (χ2n) is 5.90. The summed E-state index contributed by atoms with van der Waals surface area (Å²) in [6, 6.07) is 11.4. The maximum absolute atomic E-state index is 12.5. The number of likely N-dealkylation sites (tertiary alicyclic amines) is 1. The molecule has 1 fully saturated rings. The van der Waals surface area contributed by atoms with Crippen LogP contribution in [-0.2, 0) is 7.05 Å². The molecular weight excluding hydrogens is 306 g/mol. The number of nitrogens with zero attached hydrogens (tertiary/aromatic N) is 5. The number of hydrogen-bond donors (Lipinski definition) is 0. The molecule has 0 spiro atoms. The Bertz CT molecular complexity index is 855. The van der Waals surface area contributed by atoms with E-state index in [1.807, 2.05) is 35.2 Å². The van der Waals surface area contributed by atoms with E-state index in [1.165, 1.54) is 0 Å². The lowest BCUT2D eigenvalue weighted by Gasteiger charge is -2.15. The third-order valence-corrected chi connectivity index (χ3v) is 4.34. The minimum absolute atomic E-state index is 0.00993. The number of carbonyl (C=O) groups excluding carboxylic acids is 1. The Balaban J connectivity index is 1.49. The van der Waals surface area contributed by atoms with Crippen LogP contribution in [0.15, 0.2) is 47.1 Å². The van der Waals surface area contributed by atoms with E-state index in [1.54, 1.807) is 24.0 Å². The van der Waals surface area contributed by atoms with Crippen LogP contribution in [0.3, 0.4) is 0 Å². The van der Waals surface area contributed by atoms with Gasteiger partial charge in [0.2, 0.25) is 0 Å². The summed E-state index contributed by atoms with van der Waals surface area (Å²) in [6.07, 6.45) is 2.46. The summed E-state index contributed by atoms with van der Waals surface area (Å²) < 4.78 is 6.97. The van der Waals surface area contributed by atoms with Gasteiger partial charge < -0.3 is 9.42 Å². The van der Waals surface area contributed by atoms with Gasteiger partial charge in [-0.2, -0.15) is 10.1 Å². The van der Waals surface area contributed by atoms with Gasteiger partial charge in [-0.25, -0.2) is 0 Å². The molecule has 1 aromatic carbocycles. The van der Waals surface area contributed by atoms with Crippen LogP contribution in [0.5, 0.6) is 0 Å². The van der Waals surface area contributed by atoms with Crippen molar-refractivity contribution in [2.45, 2.75) is 12.3 Å².